The Morgan fingerprint density at radius 2 is 2.15 bits per heavy atom. The Bertz CT molecular complexity index is 1020. The molecular weight excluding hydrogens is 368 g/mol. The number of aromatic amines is 1. The fourth-order valence-electron chi connectivity index (χ4n) is 2.72. The molecule has 0 aliphatic carbocycles. The van der Waals surface area contributed by atoms with Gasteiger partial charge >= 0.3 is 5.69 Å². The summed E-state index contributed by atoms with van der Waals surface area (Å²) >= 11 is 1.26. The molecule has 9 heteroatoms. The van der Waals surface area contributed by atoms with Crippen molar-refractivity contribution >= 4 is 28.7 Å². The first-order chi connectivity index (χ1) is 13.0. The van der Waals surface area contributed by atoms with Crippen LogP contribution in [-0.4, -0.2) is 15.5 Å². The Balaban J connectivity index is 2.12. The van der Waals surface area contributed by atoms with Gasteiger partial charge in [-0.05, 0) is 30.0 Å². The molecule has 3 N–H and O–H groups in total. The minimum atomic E-state index is -0.707. The summed E-state index contributed by atoms with van der Waals surface area (Å²) in [4.78, 5) is 41.7. The van der Waals surface area contributed by atoms with E-state index in [9.17, 15) is 14.4 Å². The molecule has 0 fully saturated rings. The number of furan rings is 1. The van der Waals surface area contributed by atoms with E-state index in [0.29, 0.717) is 23.6 Å². The van der Waals surface area contributed by atoms with Crippen molar-refractivity contribution in [1.82, 2.24) is 9.55 Å². The SMILES string of the molecule is CCCCn1c(N)c(N(Cc2ccco2)C(=O)c2cccs2)c(=O)[nH]c1=O. The highest BCUT2D eigenvalue weighted by molar-refractivity contribution is 7.12. The number of hydrogen-bond donors (Lipinski definition) is 2. The summed E-state index contributed by atoms with van der Waals surface area (Å²) in [6.45, 7) is 2.35. The maximum atomic E-state index is 13.0. The summed E-state index contributed by atoms with van der Waals surface area (Å²) in [6.07, 6.45) is 3.05. The molecule has 3 aromatic rings. The van der Waals surface area contributed by atoms with Crippen molar-refractivity contribution in [3.8, 4) is 0 Å². The maximum Gasteiger partial charge on any atom is 0.330 e. The summed E-state index contributed by atoms with van der Waals surface area (Å²) in [7, 11) is 0. The minimum absolute atomic E-state index is 0.0169. The first kappa shape index (κ1) is 18.7. The molecule has 0 bridgehead atoms. The fourth-order valence-corrected chi connectivity index (χ4v) is 3.39. The van der Waals surface area contributed by atoms with Crippen molar-refractivity contribution in [2.24, 2.45) is 0 Å². The summed E-state index contributed by atoms with van der Waals surface area (Å²) in [5, 5.41) is 1.77. The number of rotatable bonds is 7. The molecule has 0 radical (unpaired) electrons. The molecule has 0 saturated carbocycles. The molecule has 0 aromatic carbocycles. The second-order valence-electron chi connectivity index (χ2n) is 5.95. The van der Waals surface area contributed by atoms with Gasteiger partial charge in [-0.15, -0.1) is 11.3 Å². The number of nitrogen functional groups attached to an aromatic ring is 1. The highest BCUT2D eigenvalue weighted by Crippen LogP contribution is 2.24. The average molecular weight is 388 g/mol. The van der Waals surface area contributed by atoms with Crippen molar-refractivity contribution < 1.29 is 9.21 Å². The summed E-state index contributed by atoms with van der Waals surface area (Å²) in [5.41, 5.74) is 4.82. The van der Waals surface area contributed by atoms with Gasteiger partial charge in [0.05, 0.1) is 17.7 Å². The van der Waals surface area contributed by atoms with Crippen molar-refractivity contribution in [1.29, 1.82) is 0 Å². The Labute approximate surface area is 158 Å². The van der Waals surface area contributed by atoms with E-state index in [4.69, 9.17) is 10.2 Å². The Morgan fingerprint density at radius 1 is 1.33 bits per heavy atom. The Hall–Kier alpha value is -3.07. The van der Waals surface area contributed by atoms with Crippen molar-refractivity contribution in [3.05, 3.63) is 67.4 Å². The first-order valence-electron chi connectivity index (χ1n) is 8.53. The third kappa shape index (κ3) is 3.87. The van der Waals surface area contributed by atoms with E-state index in [-0.39, 0.29) is 24.0 Å². The van der Waals surface area contributed by atoms with Gasteiger partial charge in [0.15, 0.2) is 5.69 Å². The van der Waals surface area contributed by atoms with Gasteiger partial charge < -0.3 is 10.2 Å². The second kappa shape index (κ2) is 8.09. The van der Waals surface area contributed by atoms with Crippen LogP contribution >= 0.6 is 11.3 Å². The molecule has 1 amide bonds. The molecule has 142 valence electrons. The van der Waals surface area contributed by atoms with Crippen molar-refractivity contribution in [2.45, 2.75) is 32.9 Å². The number of nitrogens with one attached hydrogen (secondary N) is 1. The number of nitrogens with zero attached hydrogens (tertiary/aromatic N) is 2. The zero-order valence-corrected chi connectivity index (χ0v) is 15.6. The molecular formula is C18H20N4O4S. The van der Waals surface area contributed by atoms with Crippen molar-refractivity contribution in [2.75, 3.05) is 10.6 Å². The van der Waals surface area contributed by atoms with Crippen LogP contribution in [0.5, 0.6) is 0 Å². The Morgan fingerprint density at radius 3 is 2.78 bits per heavy atom. The molecule has 0 saturated heterocycles. The van der Waals surface area contributed by atoms with Crippen LogP contribution in [0, 0.1) is 0 Å². The van der Waals surface area contributed by atoms with E-state index in [1.54, 1.807) is 29.6 Å². The lowest BCUT2D eigenvalue weighted by Gasteiger charge is -2.23. The number of thiophene rings is 1. The molecule has 0 aliphatic heterocycles. The molecule has 3 rings (SSSR count). The molecule has 3 aromatic heterocycles. The number of aromatic nitrogens is 2. The summed E-state index contributed by atoms with van der Waals surface area (Å²) < 4.78 is 6.63. The zero-order chi connectivity index (χ0) is 19.4. The molecule has 3 heterocycles. The zero-order valence-electron chi connectivity index (χ0n) is 14.8. The lowest BCUT2D eigenvalue weighted by atomic mass is 10.3. The van der Waals surface area contributed by atoms with Gasteiger partial charge in [-0.1, -0.05) is 19.4 Å². The largest absolute Gasteiger partial charge is 0.467 e. The predicted octanol–water partition coefficient (Wildman–Crippen LogP) is 2.42. The molecule has 0 unspecified atom stereocenters. The number of anilines is 2. The standard InChI is InChI=1S/C18H20N4O4S/c1-2-3-8-21-15(19)14(16(23)20-18(21)25)22(11-12-6-4-9-26-12)17(24)13-7-5-10-27-13/h4-7,9-10H,2-3,8,11,19H2,1H3,(H,20,23,25). The van der Waals surface area contributed by atoms with Gasteiger partial charge in [0.25, 0.3) is 11.5 Å². The summed E-state index contributed by atoms with van der Waals surface area (Å²) in [6, 6.07) is 6.81. The van der Waals surface area contributed by atoms with E-state index in [1.807, 2.05) is 6.92 Å². The van der Waals surface area contributed by atoms with E-state index < -0.39 is 11.2 Å². The van der Waals surface area contributed by atoms with E-state index in [1.165, 1.54) is 27.1 Å². The number of H-pyrrole nitrogens is 1. The number of amides is 1. The van der Waals surface area contributed by atoms with Crippen LogP contribution in [-0.2, 0) is 13.1 Å². The summed E-state index contributed by atoms with van der Waals surface area (Å²) in [5.74, 6) is 0.0676. The van der Waals surface area contributed by atoms with E-state index >= 15 is 0 Å². The van der Waals surface area contributed by atoms with Crippen LogP contribution in [0.4, 0.5) is 11.5 Å². The smallest absolute Gasteiger partial charge is 0.330 e. The number of carbonyl (C=O) groups is 1. The Kier molecular flexibility index (Phi) is 5.60. The van der Waals surface area contributed by atoms with Gasteiger partial charge in [-0.3, -0.25) is 24.0 Å². The second-order valence-corrected chi connectivity index (χ2v) is 6.89. The minimum Gasteiger partial charge on any atom is -0.467 e. The number of hydrogen-bond acceptors (Lipinski definition) is 6. The van der Waals surface area contributed by atoms with Crippen LogP contribution in [0.15, 0.2) is 49.9 Å². The van der Waals surface area contributed by atoms with Crippen LogP contribution in [0.25, 0.3) is 0 Å². The average Bonchev–Trinajstić information content (AvgIpc) is 3.34. The van der Waals surface area contributed by atoms with Gasteiger partial charge in [0.2, 0.25) is 0 Å². The van der Waals surface area contributed by atoms with Crippen LogP contribution in [0.2, 0.25) is 0 Å². The quantitative estimate of drug-likeness (QED) is 0.645. The third-order valence-electron chi connectivity index (χ3n) is 4.09. The lowest BCUT2D eigenvalue weighted by Crippen LogP contribution is -2.40. The van der Waals surface area contributed by atoms with Crippen LogP contribution in [0.1, 0.15) is 35.2 Å². The predicted molar refractivity (Wildman–Crippen MR) is 104 cm³/mol. The first-order valence-corrected chi connectivity index (χ1v) is 9.41. The van der Waals surface area contributed by atoms with Gasteiger partial charge in [0.1, 0.15) is 11.6 Å². The monoisotopic (exact) mass is 388 g/mol. The topological polar surface area (TPSA) is 114 Å². The maximum absolute atomic E-state index is 13.0. The van der Waals surface area contributed by atoms with E-state index in [0.717, 1.165) is 6.42 Å². The molecule has 0 spiro atoms. The third-order valence-corrected chi connectivity index (χ3v) is 4.95. The van der Waals surface area contributed by atoms with Gasteiger partial charge in [-0.25, -0.2) is 4.79 Å². The highest BCUT2D eigenvalue weighted by atomic mass is 32.1. The van der Waals surface area contributed by atoms with E-state index in [2.05, 4.69) is 4.98 Å². The normalized spacial score (nSPS) is 10.9. The lowest BCUT2D eigenvalue weighted by molar-refractivity contribution is 0.0986. The van der Waals surface area contributed by atoms with Gasteiger partial charge in [0, 0.05) is 6.54 Å². The molecule has 27 heavy (non-hydrogen) atoms. The molecule has 0 aliphatic rings. The van der Waals surface area contributed by atoms with Crippen molar-refractivity contribution in [3.63, 3.8) is 0 Å². The molecule has 8 nitrogen and oxygen atoms in total. The number of carbonyl (C=O) groups excluding carboxylic acids is 1. The molecule has 0 atom stereocenters. The highest BCUT2D eigenvalue weighted by Gasteiger charge is 2.26. The number of unbranched alkanes of at least 4 members (excludes halogenated alkanes) is 1. The van der Waals surface area contributed by atoms with Gasteiger partial charge in [-0.2, -0.15) is 0 Å². The van der Waals surface area contributed by atoms with Crippen LogP contribution in [0.3, 0.4) is 0 Å². The van der Waals surface area contributed by atoms with Crippen LogP contribution < -0.4 is 21.9 Å². The fraction of sp³-hybridized carbons (Fsp3) is 0.278. The number of nitrogens with two attached hydrogens (primary N) is 1.